The fraction of sp³-hybridized carbons (Fsp3) is 0.286. The molecule has 0 unspecified atom stereocenters. The molecule has 10 nitrogen and oxygen atoms in total. The van der Waals surface area contributed by atoms with Crippen LogP contribution in [0.1, 0.15) is 18.9 Å². The van der Waals surface area contributed by atoms with Gasteiger partial charge in [0.2, 0.25) is 11.9 Å². The van der Waals surface area contributed by atoms with E-state index in [2.05, 4.69) is 10.3 Å². The highest BCUT2D eigenvalue weighted by Gasteiger charge is 2.40. The van der Waals surface area contributed by atoms with E-state index < -0.39 is 16.9 Å². The van der Waals surface area contributed by atoms with Gasteiger partial charge in [0.15, 0.2) is 0 Å². The maximum Gasteiger partial charge on any atom is 0.292 e. The summed E-state index contributed by atoms with van der Waals surface area (Å²) in [4.78, 5) is 42.7. The molecule has 1 atom stereocenters. The largest absolute Gasteiger partial charge is 0.385 e. The van der Waals surface area contributed by atoms with E-state index in [1.54, 1.807) is 22.6 Å². The smallest absolute Gasteiger partial charge is 0.292 e. The molecule has 2 amide bonds. The normalized spacial score (nSPS) is 15.3. The second kappa shape index (κ2) is 8.52. The number of hydrogen-bond acceptors (Lipinski definition) is 6. The summed E-state index contributed by atoms with van der Waals surface area (Å²) in [6.07, 6.45) is 0.458. The number of rotatable bonds is 8. The van der Waals surface area contributed by atoms with Crippen molar-refractivity contribution in [1.82, 2.24) is 9.55 Å². The minimum Gasteiger partial charge on any atom is -0.385 e. The first-order valence-electron chi connectivity index (χ1n) is 9.82. The van der Waals surface area contributed by atoms with Crippen molar-refractivity contribution in [3.05, 3.63) is 58.6 Å². The number of anilines is 2. The molecule has 10 heteroatoms. The topological polar surface area (TPSA) is 120 Å². The third-order valence-corrected chi connectivity index (χ3v) is 5.17. The van der Waals surface area contributed by atoms with Crippen molar-refractivity contribution in [1.29, 1.82) is 0 Å². The van der Waals surface area contributed by atoms with Crippen molar-refractivity contribution in [3.63, 3.8) is 0 Å². The van der Waals surface area contributed by atoms with Crippen molar-refractivity contribution in [2.45, 2.75) is 18.9 Å². The molecule has 4 rings (SSSR count). The first-order chi connectivity index (χ1) is 15.0. The molecule has 0 radical (unpaired) electrons. The van der Waals surface area contributed by atoms with Crippen LogP contribution in [0.3, 0.4) is 0 Å². The average molecular weight is 423 g/mol. The molecule has 1 aliphatic rings. The molecule has 1 aliphatic heterocycles. The second-order valence-electron chi connectivity index (χ2n) is 7.15. The summed E-state index contributed by atoms with van der Waals surface area (Å²) in [7, 11) is 1.59. The van der Waals surface area contributed by atoms with Crippen LogP contribution in [0.4, 0.5) is 17.3 Å². The fourth-order valence-corrected chi connectivity index (χ4v) is 3.79. The molecule has 2 heterocycles. The van der Waals surface area contributed by atoms with Crippen molar-refractivity contribution < 1.29 is 19.2 Å². The minimum atomic E-state index is -0.785. The Hall–Kier alpha value is -3.79. The highest BCUT2D eigenvalue weighted by atomic mass is 16.6. The molecule has 31 heavy (non-hydrogen) atoms. The summed E-state index contributed by atoms with van der Waals surface area (Å²) >= 11 is 0. The van der Waals surface area contributed by atoms with Crippen molar-refractivity contribution in [3.8, 4) is 0 Å². The van der Waals surface area contributed by atoms with Crippen molar-refractivity contribution >= 4 is 40.2 Å². The number of nitro benzene ring substituents is 1. The van der Waals surface area contributed by atoms with Crippen LogP contribution in [0.15, 0.2) is 48.5 Å². The summed E-state index contributed by atoms with van der Waals surface area (Å²) in [5.41, 5.74) is 1.37. The zero-order valence-electron chi connectivity index (χ0n) is 16.9. The molecule has 0 saturated heterocycles. The molecule has 0 aliphatic carbocycles. The Morgan fingerprint density at radius 3 is 2.74 bits per heavy atom. The second-order valence-corrected chi connectivity index (χ2v) is 7.15. The number of amides is 2. The van der Waals surface area contributed by atoms with Gasteiger partial charge in [-0.1, -0.05) is 24.3 Å². The first kappa shape index (κ1) is 20.5. The van der Waals surface area contributed by atoms with Gasteiger partial charge in [0.25, 0.3) is 11.6 Å². The summed E-state index contributed by atoms with van der Waals surface area (Å²) in [6.45, 7) is 0.908. The van der Waals surface area contributed by atoms with Crippen LogP contribution in [0.2, 0.25) is 0 Å². The van der Waals surface area contributed by atoms with Gasteiger partial charge >= 0.3 is 0 Å². The standard InChI is InChI=1S/C21H21N5O5/c1-31-12-6-11-24-20(28)18(25-16-9-4-2-7-14(16)23-21(24)25)13-19(27)22-15-8-3-5-10-17(15)26(29)30/h2-5,7-10,18H,6,11-13H2,1H3,(H,22,27)/t18-/m0/s1. The molecule has 1 aromatic heterocycles. The van der Waals surface area contributed by atoms with Crippen LogP contribution in [-0.4, -0.2) is 46.6 Å². The van der Waals surface area contributed by atoms with Gasteiger partial charge in [-0.25, -0.2) is 4.98 Å². The van der Waals surface area contributed by atoms with E-state index in [0.29, 0.717) is 25.5 Å². The van der Waals surface area contributed by atoms with Gasteiger partial charge in [-0.2, -0.15) is 0 Å². The molecule has 0 saturated carbocycles. The minimum absolute atomic E-state index is 0.0932. The molecular formula is C21H21N5O5. The fourth-order valence-electron chi connectivity index (χ4n) is 3.79. The SMILES string of the molecule is COCCCN1C(=O)[C@H](CC(=O)Nc2ccccc2[N+](=O)[O-])n2c1nc1ccccc12. The third-order valence-electron chi connectivity index (χ3n) is 5.17. The zero-order valence-corrected chi connectivity index (χ0v) is 16.9. The highest BCUT2D eigenvalue weighted by molar-refractivity contribution is 6.05. The average Bonchev–Trinajstić information content (AvgIpc) is 3.24. The number of fused-ring (bicyclic) bond motifs is 3. The van der Waals surface area contributed by atoms with Gasteiger partial charge in [-0.05, 0) is 24.6 Å². The quantitative estimate of drug-likeness (QED) is 0.338. The lowest BCUT2D eigenvalue weighted by atomic mass is 10.1. The highest BCUT2D eigenvalue weighted by Crippen LogP contribution is 2.36. The lowest BCUT2D eigenvalue weighted by Gasteiger charge is -2.15. The number of para-hydroxylation sites is 4. The third kappa shape index (κ3) is 3.84. The number of ether oxygens (including phenoxy) is 1. The van der Waals surface area contributed by atoms with E-state index in [1.165, 1.54) is 18.2 Å². The molecule has 2 aromatic carbocycles. The van der Waals surface area contributed by atoms with E-state index >= 15 is 0 Å². The number of aromatic nitrogens is 2. The predicted octanol–water partition coefficient (Wildman–Crippen LogP) is 2.90. The molecule has 160 valence electrons. The Morgan fingerprint density at radius 2 is 1.97 bits per heavy atom. The Morgan fingerprint density at radius 1 is 1.23 bits per heavy atom. The van der Waals surface area contributed by atoms with E-state index in [9.17, 15) is 19.7 Å². The number of nitrogens with zero attached hydrogens (tertiary/aromatic N) is 4. The molecule has 1 N–H and O–H groups in total. The zero-order chi connectivity index (χ0) is 22.0. The van der Waals surface area contributed by atoms with Gasteiger partial charge < -0.3 is 10.1 Å². The lowest BCUT2D eigenvalue weighted by Crippen LogP contribution is -2.32. The monoisotopic (exact) mass is 423 g/mol. The molecule has 0 bridgehead atoms. The Labute approximate surface area is 177 Å². The summed E-state index contributed by atoms with van der Waals surface area (Å²) in [5.74, 6) is -0.233. The number of carbonyl (C=O) groups excluding carboxylic acids is 2. The van der Waals surface area contributed by atoms with E-state index in [-0.39, 0.29) is 23.7 Å². The summed E-state index contributed by atoms with van der Waals surface area (Å²) in [6, 6.07) is 12.5. The van der Waals surface area contributed by atoms with Gasteiger partial charge in [-0.3, -0.25) is 29.2 Å². The van der Waals surface area contributed by atoms with E-state index in [0.717, 1.165) is 11.0 Å². The maximum absolute atomic E-state index is 13.2. The van der Waals surface area contributed by atoms with E-state index in [1.807, 2.05) is 24.3 Å². The number of benzene rings is 2. The van der Waals surface area contributed by atoms with Gasteiger partial charge in [0.05, 0.1) is 22.4 Å². The summed E-state index contributed by atoms with van der Waals surface area (Å²) in [5, 5.41) is 13.8. The molecular weight excluding hydrogens is 402 g/mol. The lowest BCUT2D eigenvalue weighted by molar-refractivity contribution is -0.383. The Balaban J connectivity index is 1.62. The number of carbonyl (C=O) groups is 2. The molecule has 0 spiro atoms. The van der Waals surface area contributed by atoms with Crippen LogP contribution >= 0.6 is 0 Å². The van der Waals surface area contributed by atoms with Gasteiger partial charge in [0, 0.05) is 26.3 Å². The van der Waals surface area contributed by atoms with Crippen LogP contribution < -0.4 is 10.2 Å². The van der Waals surface area contributed by atoms with Crippen LogP contribution in [0.5, 0.6) is 0 Å². The summed E-state index contributed by atoms with van der Waals surface area (Å²) < 4.78 is 6.86. The van der Waals surface area contributed by atoms with Crippen LogP contribution in [0.25, 0.3) is 11.0 Å². The Kier molecular flexibility index (Phi) is 5.63. The van der Waals surface area contributed by atoms with E-state index in [4.69, 9.17) is 4.74 Å². The maximum atomic E-state index is 13.2. The molecule has 0 fully saturated rings. The van der Waals surface area contributed by atoms with Crippen molar-refractivity contribution in [2.75, 3.05) is 30.5 Å². The number of nitrogens with one attached hydrogen (secondary N) is 1. The van der Waals surface area contributed by atoms with Gasteiger partial charge in [0.1, 0.15) is 11.7 Å². The number of nitro groups is 1. The predicted molar refractivity (Wildman–Crippen MR) is 114 cm³/mol. The first-order valence-corrected chi connectivity index (χ1v) is 9.82. The van der Waals surface area contributed by atoms with Crippen molar-refractivity contribution in [2.24, 2.45) is 0 Å². The molecule has 3 aromatic rings. The number of methoxy groups -OCH3 is 1. The Bertz CT molecular complexity index is 1160. The number of hydrogen-bond donors (Lipinski definition) is 1. The van der Waals surface area contributed by atoms with Crippen LogP contribution in [0, 0.1) is 10.1 Å². The number of imidazole rings is 1. The van der Waals surface area contributed by atoms with Crippen LogP contribution in [-0.2, 0) is 14.3 Å². The van der Waals surface area contributed by atoms with Gasteiger partial charge in [-0.15, -0.1) is 0 Å².